The van der Waals surface area contributed by atoms with E-state index in [0.29, 0.717) is 6.42 Å². The van der Waals surface area contributed by atoms with Crippen LogP contribution in [0.4, 0.5) is 0 Å². The van der Waals surface area contributed by atoms with Gasteiger partial charge in [-0.25, -0.2) is 0 Å². The van der Waals surface area contributed by atoms with Crippen LogP contribution < -0.4 is 16.0 Å². The molecule has 0 atom stereocenters. The second-order valence-corrected chi connectivity index (χ2v) is 3.02. The summed E-state index contributed by atoms with van der Waals surface area (Å²) in [5, 5.41) is 8.56. The SMILES string of the molecule is C1CNCCN1.Cl.O=C1C=CCC(=O)N1. The Balaban J connectivity index is 0.000000253. The first-order valence-electron chi connectivity index (χ1n) is 4.71. The molecular weight excluding hydrogens is 218 g/mol. The number of hydrogen-bond acceptors (Lipinski definition) is 4. The lowest BCUT2D eigenvalue weighted by Gasteiger charge is -2.11. The predicted molar refractivity (Wildman–Crippen MR) is 59.9 cm³/mol. The van der Waals surface area contributed by atoms with E-state index in [1.54, 1.807) is 6.08 Å². The lowest BCUT2D eigenvalue weighted by molar-refractivity contribution is -0.128. The van der Waals surface area contributed by atoms with Crippen LogP contribution >= 0.6 is 12.4 Å². The van der Waals surface area contributed by atoms with E-state index in [2.05, 4.69) is 16.0 Å². The molecule has 6 heteroatoms. The molecule has 2 amide bonds. The zero-order chi connectivity index (χ0) is 10.2. The minimum atomic E-state index is -0.318. The summed E-state index contributed by atoms with van der Waals surface area (Å²) in [4.78, 5) is 20.5. The van der Waals surface area contributed by atoms with Gasteiger partial charge in [-0.05, 0) is 6.08 Å². The fraction of sp³-hybridized carbons (Fsp3) is 0.556. The highest BCUT2D eigenvalue weighted by Crippen LogP contribution is 1.89. The maximum atomic E-state index is 10.3. The number of carbonyl (C=O) groups is 2. The first-order valence-corrected chi connectivity index (χ1v) is 4.71. The Morgan fingerprint density at radius 1 is 1.00 bits per heavy atom. The summed E-state index contributed by atoms with van der Waals surface area (Å²) >= 11 is 0. The molecule has 3 N–H and O–H groups in total. The molecule has 0 aliphatic carbocycles. The number of piperazine rings is 1. The third-order valence-electron chi connectivity index (χ3n) is 1.79. The first kappa shape index (κ1) is 14.1. The molecule has 2 heterocycles. The highest BCUT2D eigenvalue weighted by Gasteiger charge is 2.06. The van der Waals surface area contributed by atoms with Gasteiger partial charge in [-0.15, -0.1) is 12.4 Å². The fourth-order valence-corrected chi connectivity index (χ4v) is 1.11. The topological polar surface area (TPSA) is 70.2 Å². The molecule has 0 spiro atoms. The summed E-state index contributed by atoms with van der Waals surface area (Å²) in [6.07, 6.45) is 3.22. The molecule has 2 aliphatic heterocycles. The van der Waals surface area contributed by atoms with Crippen LogP contribution in [0.2, 0.25) is 0 Å². The molecule has 0 unspecified atom stereocenters. The van der Waals surface area contributed by atoms with Crippen LogP contribution in [0.1, 0.15) is 6.42 Å². The van der Waals surface area contributed by atoms with Crippen LogP contribution in [-0.4, -0.2) is 38.0 Å². The Labute approximate surface area is 95.1 Å². The number of imide groups is 1. The largest absolute Gasteiger partial charge is 0.314 e. The number of amides is 2. The molecule has 0 radical (unpaired) electrons. The Morgan fingerprint density at radius 3 is 1.80 bits per heavy atom. The van der Waals surface area contributed by atoms with Gasteiger partial charge in [0.2, 0.25) is 11.8 Å². The van der Waals surface area contributed by atoms with E-state index in [1.807, 2.05) is 0 Å². The van der Waals surface area contributed by atoms with Gasteiger partial charge in [0, 0.05) is 32.6 Å². The Bertz CT molecular complexity index is 228. The van der Waals surface area contributed by atoms with Crippen molar-refractivity contribution in [3.63, 3.8) is 0 Å². The van der Waals surface area contributed by atoms with Crippen LogP contribution in [0.25, 0.3) is 0 Å². The smallest absolute Gasteiger partial charge is 0.250 e. The van der Waals surface area contributed by atoms with Gasteiger partial charge < -0.3 is 10.6 Å². The van der Waals surface area contributed by atoms with Crippen molar-refractivity contribution < 1.29 is 9.59 Å². The van der Waals surface area contributed by atoms with E-state index in [4.69, 9.17) is 0 Å². The highest BCUT2D eigenvalue weighted by atomic mass is 35.5. The van der Waals surface area contributed by atoms with Crippen molar-refractivity contribution in [3.05, 3.63) is 12.2 Å². The van der Waals surface area contributed by atoms with Gasteiger partial charge in [-0.1, -0.05) is 6.08 Å². The summed E-state index contributed by atoms with van der Waals surface area (Å²) in [6, 6.07) is 0. The van der Waals surface area contributed by atoms with Crippen molar-refractivity contribution in [2.24, 2.45) is 0 Å². The van der Waals surface area contributed by atoms with E-state index in [9.17, 15) is 9.59 Å². The van der Waals surface area contributed by atoms with Crippen LogP contribution in [0.5, 0.6) is 0 Å². The summed E-state index contributed by atoms with van der Waals surface area (Å²) in [7, 11) is 0. The maximum absolute atomic E-state index is 10.3. The average molecular weight is 234 g/mol. The van der Waals surface area contributed by atoms with E-state index in [1.165, 1.54) is 6.08 Å². The van der Waals surface area contributed by atoms with Crippen LogP contribution in [0, 0.1) is 0 Å². The lowest BCUT2D eigenvalue weighted by Crippen LogP contribution is -2.39. The van der Waals surface area contributed by atoms with E-state index < -0.39 is 0 Å². The van der Waals surface area contributed by atoms with Crippen LogP contribution in [-0.2, 0) is 9.59 Å². The highest BCUT2D eigenvalue weighted by molar-refractivity contribution is 6.03. The summed E-state index contributed by atoms with van der Waals surface area (Å²) < 4.78 is 0. The Hall–Kier alpha value is -0.910. The summed E-state index contributed by atoms with van der Waals surface area (Å²) in [5.74, 6) is -0.543. The van der Waals surface area contributed by atoms with E-state index >= 15 is 0 Å². The van der Waals surface area contributed by atoms with E-state index in [0.717, 1.165) is 26.2 Å². The zero-order valence-corrected chi connectivity index (χ0v) is 9.23. The van der Waals surface area contributed by atoms with Crippen molar-refractivity contribution in [1.82, 2.24) is 16.0 Å². The monoisotopic (exact) mass is 233 g/mol. The molecule has 0 aromatic rings. The average Bonchev–Trinajstić information content (AvgIpc) is 2.21. The number of rotatable bonds is 0. The molecule has 5 nitrogen and oxygen atoms in total. The Morgan fingerprint density at radius 2 is 1.53 bits per heavy atom. The van der Waals surface area contributed by atoms with Gasteiger partial charge in [0.15, 0.2) is 0 Å². The van der Waals surface area contributed by atoms with Crippen molar-refractivity contribution in [2.45, 2.75) is 6.42 Å². The van der Waals surface area contributed by atoms with Gasteiger partial charge >= 0.3 is 0 Å². The second kappa shape index (κ2) is 8.40. The fourth-order valence-electron chi connectivity index (χ4n) is 1.11. The van der Waals surface area contributed by atoms with E-state index in [-0.39, 0.29) is 24.2 Å². The van der Waals surface area contributed by atoms with Gasteiger partial charge in [-0.3, -0.25) is 14.9 Å². The van der Waals surface area contributed by atoms with Crippen LogP contribution in [0.3, 0.4) is 0 Å². The van der Waals surface area contributed by atoms with Crippen molar-refractivity contribution in [2.75, 3.05) is 26.2 Å². The molecule has 1 saturated heterocycles. The molecule has 0 aromatic heterocycles. The van der Waals surface area contributed by atoms with Gasteiger partial charge in [0.05, 0.1) is 0 Å². The van der Waals surface area contributed by atoms with Gasteiger partial charge in [0.1, 0.15) is 0 Å². The number of hydrogen-bond donors (Lipinski definition) is 3. The number of carbonyl (C=O) groups excluding carboxylic acids is 2. The molecule has 2 rings (SSSR count). The summed E-state index contributed by atoms with van der Waals surface area (Å²) in [5.41, 5.74) is 0. The van der Waals surface area contributed by atoms with Crippen molar-refractivity contribution in [3.8, 4) is 0 Å². The molecule has 15 heavy (non-hydrogen) atoms. The van der Waals surface area contributed by atoms with Gasteiger partial charge in [-0.2, -0.15) is 0 Å². The Kier molecular flexibility index (Phi) is 7.89. The molecule has 0 aromatic carbocycles. The molecule has 1 fully saturated rings. The van der Waals surface area contributed by atoms with Crippen molar-refractivity contribution >= 4 is 24.2 Å². The third-order valence-corrected chi connectivity index (χ3v) is 1.79. The second-order valence-electron chi connectivity index (χ2n) is 3.02. The molecular formula is C9H16ClN3O2. The summed E-state index contributed by atoms with van der Waals surface area (Å²) in [6.45, 7) is 4.56. The molecule has 0 saturated carbocycles. The molecule has 2 aliphatic rings. The quantitative estimate of drug-likeness (QED) is 0.479. The first-order chi connectivity index (χ1) is 6.79. The third kappa shape index (κ3) is 7.07. The van der Waals surface area contributed by atoms with Crippen molar-refractivity contribution in [1.29, 1.82) is 0 Å². The normalized spacial score (nSPS) is 19.5. The standard InChI is InChI=1S/C5H5NO2.C4H10N2.ClH/c7-4-2-1-3-5(8)6-4;1-2-6-4-3-5-1;/h1-2H,3H2,(H,6,7,8);5-6H,1-4H2;1H. The maximum Gasteiger partial charge on any atom is 0.250 e. The lowest BCUT2D eigenvalue weighted by atomic mass is 10.3. The molecule has 0 bridgehead atoms. The van der Waals surface area contributed by atoms with Crippen LogP contribution in [0.15, 0.2) is 12.2 Å². The minimum absolute atomic E-state index is 0. The number of halogens is 1. The van der Waals surface area contributed by atoms with Gasteiger partial charge in [0.25, 0.3) is 0 Å². The number of nitrogens with one attached hydrogen (secondary N) is 3. The zero-order valence-electron chi connectivity index (χ0n) is 8.41. The minimum Gasteiger partial charge on any atom is -0.314 e. The molecule has 86 valence electrons. The predicted octanol–water partition coefficient (Wildman–Crippen LogP) is -0.810.